The van der Waals surface area contributed by atoms with Crippen LogP contribution in [0.2, 0.25) is 0 Å². The molecule has 3 amide bonds. The molecule has 1 aromatic heterocycles. The maximum Gasteiger partial charge on any atom is 0.329 e. The Morgan fingerprint density at radius 3 is 2.49 bits per heavy atom. The Bertz CT molecular complexity index is 1250. The second-order valence-corrected chi connectivity index (χ2v) is 11.2. The van der Waals surface area contributed by atoms with Gasteiger partial charge in [0.05, 0.1) is 24.1 Å². The zero-order chi connectivity index (χ0) is 27.4. The number of imide groups is 1. The average molecular weight is 540 g/mol. The molecular formula is C29H41N5O5. The number of amides is 3. The molecule has 1 saturated carbocycles. The Hall–Kier alpha value is -2.98. The van der Waals surface area contributed by atoms with Gasteiger partial charge >= 0.3 is 5.69 Å². The molecule has 2 saturated heterocycles. The van der Waals surface area contributed by atoms with Gasteiger partial charge in [-0.15, -0.1) is 0 Å². The number of piperazine rings is 1. The zero-order valence-corrected chi connectivity index (χ0v) is 23.0. The van der Waals surface area contributed by atoms with Crippen LogP contribution >= 0.6 is 0 Å². The lowest BCUT2D eigenvalue weighted by Crippen LogP contribution is -2.52. The van der Waals surface area contributed by atoms with Gasteiger partial charge in [-0.05, 0) is 49.8 Å². The summed E-state index contributed by atoms with van der Waals surface area (Å²) in [6, 6.07) is 5.87. The SMILES string of the molecule is Cn1c(=O)n(C2CCC(=O)NC2=O)c2ccc(CCCOCCC(=O)N3CCN(C4CCCCC4)CC3)cc21. The Morgan fingerprint density at radius 2 is 1.74 bits per heavy atom. The van der Waals surface area contributed by atoms with Crippen molar-refractivity contribution in [3.63, 3.8) is 0 Å². The van der Waals surface area contributed by atoms with Gasteiger partial charge in [-0.3, -0.25) is 33.7 Å². The van der Waals surface area contributed by atoms with Crippen molar-refractivity contribution in [2.24, 2.45) is 7.05 Å². The number of benzene rings is 1. The predicted octanol–water partition coefficient (Wildman–Crippen LogP) is 2.13. The number of ether oxygens (including phenoxy) is 1. The molecule has 3 fully saturated rings. The summed E-state index contributed by atoms with van der Waals surface area (Å²) in [7, 11) is 1.70. The molecule has 1 atom stereocenters. The molecule has 39 heavy (non-hydrogen) atoms. The van der Waals surface area contributed by atoms with Gasteiger partial charge in [0.2, 0.25) is 17.7 Å². The Morgan fingerprint density at radius 1 is 0.974 bits per heavy atom. The van der Waals surface area contributed by atoms with Crippen molar-refractivity contribution in [1.29, 1.82) is 0 Å². The summed E-state index contributed by atoms with van der Waals surface area (Å²) in [6.45, 7) is 4.63. The first-order chi connectivity index (χ1) is 18.9. The molecule has 10 heteroatoms. The average Bonchev–Trinajstić information content (AvgIpc) is 3.20. The molecule has 10 nitrogen and oxygen atoms in total. The van der Waals surface area contributed by atoms with Crippen LogP contribution in [0.5, 0.6) is 0 Å². The number of aromatic nitrogens is 2. The van der Waals surface area contributed by atoms with Crippen LogP contribution in [0.1, 0.15) is 69.4 Å². The standard InChI is InChI=1S/C29H41N5O5/c1-31-25-20-21(9-10-23(25)34(29(31)38)24-11-12-26(35)30-28(24)37)6-5-18-39-19-13-27(36)33-16-14-32(15-17-33)22-7-3-2-4-8-22/h9-10,20,22,24H,2-8,11-19H2,1H3,(H,30,35,37). The van der Waals surface area contributed by atoms with E-state index in [-0.39, 0.29) is 23.9 Å². The summed E-state index contributed by atoms with van der Waals surface area (Å²) in [5.41, 5.74) is 2.27. The number of imidazole rings is 1. The molecule has 1 N–H and O–H groups in total. The number of fused-ring (bicyclic) bond motifs is 1. The van der Waals surface area contributed by atoms with Crippen molar-refractivity contribution in [2.75, 3.05) is 39.4 Å². The molecule has 212 valence electrons. The fourth-order valence-electron chi connectivity index (χ4n) is 6.37. The van der Waals surface area contributed by atoms with Crippen LogP contribution in [0.4, 0.5) is 0 Å². The molecule has 5 rings (SSSR count). The summed E-state index contributed by atoms with van der Waals surface area (Å²) in [4.78, 5) is 54.0. The van der Waals surface area contributed by atoms with Gasteiger partial charge in [-0.1, -0.05) is 25.3 Å². The fourth-order valence-corrected chi connectivity index (χ4v) is 6.37. The van der Waals surface area contributed by atoms with E-state index in [0.717, 1.165) is 56.1 Å². The third-order valence-corrected chi connectivity index (χ3v) is 8.65. The zero-order valence-electron chi connectivity index (χ0n) is 23.0. The van der Waals surface area contributed by atoms with Crippen molar-refractivity contribution in [3.05, 3.63) is 34.2 Å². The molecule has 1 aliphatic carbocycles. The highest BCUT2D eigenvalue weighted by Crippen LogP contribution is 2.25. The highest BCUT2D eigenvalue weighted by molar-refractivity contribution is 6.00. The maximum absolute atomic E-state index is 12.9. The fraction of sp³-hybridized carbons (Fsp3) is 0.655. The third kappa shape index (κ3) is 6.27. The van der Waals surface area contributed by atoms with E-state index in [0.29, 0.717) is 31.6 Å². The van der Waals surface area contributed by atoms with E-state index in [1.54, 1.807) is 11.6 Å². The lowest BCUT2D eigenvalue weighted by molar-refractivity contribution is -0.136. The third-order valence-electron chi connectivity index (χ3n) is 8.65. The highest BCUT2D eigenvalue weighted by atomic mass is 16.5. The molecule has 1 aromatic carbocycles. The monoisotopic (exact) mass is 539 g/mol. The van der Waals surface area contributed by atoms with Crippen LogP contribution in [-0.2, 0) is 32.6 Å². The molecule has 0 bridgehead atoms. The number of nitrogens with zero attached hydrogens (tertiary/aromatic N) is 4. The Balaban J connectivity index is 1.05. The molecule has 2 aliphatic heterocycles. The largest absolute Gasteiger partial charge is 0.381 e. The first-order valence-electron chi connectivity index (χ1n) is 14.6. The minimum absolute atomic E-state index is 0.185. The van der Waals surface area contributed by atoms with E-state index in [1.165, 1.54) is 36.7 Å². The highest BCUT2D eigenvalue weighted by Gasteiger charge is 2.31. The molecule has 0 spiro atoms. The normalized spacial score (nSPS) is 21.5. The van der Waals surface area contributed by atoms with E-state index >= 15 is 0 Å². The molecule has 3 aliphatic rings. The summed E-state index contributed by atoms with van der Waals surface area (Å²) < 4.78 is 8.83. The quantitative estimate of drug-likeness (QED) is 0.387. The van der Waals surface area contributed by atoms with Gasteiger partial charge in [0.25, 0.3) is 0 Å². The van der Waals surface area contributed by atoms with Crippen LogP contribution in [0.25, 0.3) is 11.0 Å². The van der Waals surface area contributed by atoms with Gasteiger partial charge in [0.1, 0.15) is 6.04 Å². The number of piperidine rings is 1. The summed E-state index contributed by atoms with van der Waals surface area (Å²) in [5.74, 6) is -0.543. The van der Waals surface area contributed by atoms with E-state index in [9.17, 15) is 19.2 Å². The summed E-state index contributed by atoms with van der Waals surface area (Å²) in [5, 5.41) is 2.34. The van der Waals surface area contributed by atoms with Crippen LogP contribution in [-0.4, -0.2) is 82.1 Å². The number of hydrogen-bond acceptors (Lipinski definition) is 6. The minimum atomic E-state index is -0.679. The number of carbonyl (C=O) groups is 3. The summed E-state index contributed by atoms with van der Waals surface area (Å²) >= 11 is 0. The lowest BCUT2D eigenvalue weighted by Gasteiger charge is -2.40. The van der Waals surface area contributed by atoms with Crippen LogP contribution < -0.4 is 11.0 Å². The van der Waals surface area contributed by atoms with Crippen LogP contribution in [0.3, 0.4) is 0 Å². The van der Waals surface area contributed by atoms with Gasteiger partial charge in [0, 0.05) is 52.3 Å². The molecule has 3 heterocycles. The number of aryl methyl sites for hydroxylation is 2. The predicted molar refractivity (Wildman–Crippen MR) is 147 cm³/mol. The first-order valence-corrected chi connectivity index (χ1v) is 14.6. The minimum Gasteiger partial charge on any atom is -0.381 e. The van der Waals surface area contributed by atoms with Crippen molar-refractivity contribution in [3.8, 4) is 0 Å². The van der Waals surface area contributed by atoms with Gasteiger partial charge in [-0.2, -0.15) is 0 Å². The van der Waals surface area contributed by atoms with E-state index in [2.05, 4.69) is 10.2 Å². The Labute approximate surface area is 229 Å². The molecular weight excluding hydrogens is 498 g/mol. The van der Waals surface area contributed by atoms with Crippen molar-refractivity contribution in [2.45, 2.75) is 76.3 Å². The van der Waals surface area contributed by atoms with E-state index in [4.69, 9.17) is 4.74 Å². The van der Waals surface area contributed by atoms with Crippen molar-refractivity contribution < 1.29 is 19.1 Å². The number of rotatable bonds is 9. The van der Waals surface area contributed by atoms with Crippen molar-refractivity contribution in [1.82, 2.24) is 24.3 Å². The summed E-state index contributed by atoms with van der Waals surface area (Å²) in [6.07, 6.45) is 9.22. The van der Waals surface area contributed by atoms with Crippen molar-refractivity contribution >= 4 is 28.8 Å². The van der Waals surface area contributed by atoms with Crippen LogP contribution in [0, 0.1) is 0 Å². The molecule has 2 aromatic rings. The Kier molecular flexibility index (Phi) is 8.82. The van der Waals surface area contributed by atoms with Gasteiger partial charge in [0.15, 0.2) is 0 Å². The molecule has 1 unspecified atom stereocenters. The molecule has 0 radical (unpaired) electrons. The van der Waals surface area contributed by atoms with Gasteiger partial charge in [-0.25, -0.2) is 4.79 Å². The second kappa shape index (κ2) is 12.5. The second-order valence-electron chi connectivity index (χ2n) is 11.2. The van der Waals surface area contributed by atoms with Gasteiger partial charge < -0.3 is 9.64 Å². The number of carbonyl (C=O) groups excluding carboxylic acids is 3. The number of nitrogens with one attached hydrogen (secondary N) is 1. The topological polar surface area (TPSA) is 106 Å². The van der Waals surface area contributed by atoms with E-state index in [1.807, 2.05) is 23.1 Å². The van der Waals surface area contributed by atoms with E-state index < -0.39 is 11.9 Å². The first kappa shape index (κ1) is 27.6. The lowest BCUT2D eigenvalue weighted by atomic mass is 9.94. The smallest absolute Gasteiger partial charge is 0.329 e. The maximum atomic E-state index is 12.9. The van der Waals surface area contributed by atoms with Crippen LogP contribution in [0.15, 0.2) is 23.0 Å². The number of hydrogen-bond donors (Lipinski definition) is 1.